The van der Waals surface area contributed by atoms with Gasteiger partial charge in [-0.15, -0.1) is 0 Å². The first kappa shape index (κ1) is 15.5. The number of hydrogen-bond acceptors (Lipinski definition) is 2. The van der Waals surface area contributed by atoms with Crippen LogP contribution in [-0.2, 0) is 4.79 Å². The van der Waals surface area contributed by atoms with E-state index >= 15 is 0 Å². The Morgan fingerprint density at radius 3 is 2.17 bits per heavy atom. The van der Waals surface area contributed by atoms with Crippen LogP contribution in [0.4, 0.5) is 0 Å². The number of carbonyl (C=O) groups is 1. The molecule has 0 radical (unpaired) electrons. The molecule has 1 rings (SSSR count). The minimum Gasteiger partial charge on any atom is -0.368 e. The molecule has 1 aliphatic rings. The van der Waals surface area contributed by atoms with E-state index in [-0.39, 0.29) is 11.9 Å². The summed E-state index contributed by atoms with van der Waals surface area (Å²) in [6.07, 6.45) is 8.66. The van der Waals surface area contributed by atoms with Gasteiger partial charge in [-0.2, -0.15) is 0 Å². The first-order valence-corrected chi connectivity index (χ1v) is 7.56. The predicted molar refractivity (Wildman–Crippen MR) is 76.2 cm³/mol. The van der Waals surface area contributed by atoms with Crippen LogP contribution in [0.5, 0.6) is 0 Å². The van der Waals surface area contributed by atoms with Gasteiger partial charge in [-0.1, -0.05) is 46.5 Å². The van der Waals surface area contributed by atoms with Crippen molar-refractivity contribution in [1.82, 2.24) is 5.32 Å². The Balaban J connectivity index is 2.52. The van der Waals surface area contributed by atoms with Crippen LogP contribution in [0.15, 0.2) is 0 Å². The molecule has 1 amide bonds. The third-order valence-electron chi connectivity index (χ3n) is 3.99. The van der Waals surface area contributed by atoms with E-state index in [2.05, 4.69) is 26.1 Å². The Hall–Kier alpha value is -0.570. The van der Waals surface area contributed by atoms with Gasteiger partial charge >= 0.3 is 0 Å². The lowest BCUT2D eigenvalue weighted by molar-refractivity contribution is -0.121. The summed E-state index contributed by atoms with van der Waals surface area (Å²) in [5.74, 6) is 0.746. The molecule has 0 heterocycles. The average Bonchev–Trinajstić information content (AvgIpc) is 2.52. The largest absolute Gasteiger partial charge is 0.368 e. The highest BCUT2D eigenvalue weighted by molar-refractivity contribution is 5.80. The lowest BCUT2D eigenvalue weighted by Crippen LogP contribution is -2.50. The summed E-state index contributed by atoms with van der Waals surface area (Å²) in [6, 6.07) is 0.329. The summed E-state index contributed by atoms with van der Waals surface area (Å²) >= 11 is 0. The summed E-state index contributed by atoms with van der Waals surface area (Å²) < 4.78 is 0. The van der Waals surface area contributed by atoms with E-state index in [1.165, 1.54) is 38.5 Å². The molecular formula is C15H30N2O. The van der Waals surface area contributed by atoms with Crippen molar-refractivity contribution in [2.24, 2.45) is 17.6 Å². The minimum atomic E-state index is -0.188. The third-order valence-corrected chi connectivity index (χ3v) is 3.99. The van der Waals surface area contributed by atoms with E-state index in [0.29, 0.717) is 17.9 Å². The molecule has 3 heteroatoms. The maximum atomic E-state index is 11.6. The van der Waals surface area contributed by atoms with Crippen LogP contribution in [0.1, 0.15) is 65.7 Å². The normalized spacial score (nSPS) is 21.6. The van der Waals surface area contributed by atoms with Gasteiger partial charge in [0.05, 0.1) is 6.04 Å². The second-order valence-electron chi connectivity index (χ2n) is 6.34. The fourth-order valence-electron chi connectivity index (χ4n) is 3.11. The molecule has 0 spiro atoms. The summed E-state index contributed by atoms with van der Waals surface area (Å²) in [4.78, 5) is 11.6. The molecule has 1 fully saturated rings. The fraction of sp³-hybridized carbons (Fsp3) is 0.933. The van der Waals surface area contributed by atoms with Gasteiger partial charge in [0.15, 0.2) is 0 Å². The highest BCUT2D eigenvalue weighted by Crippen LogP contribution is 2.20. The third kappa shape index (κ3) is 5.38. The van der Waals surface area contributed by atoms with Gasteiger partial charge < -0.3 is 11.1 Å². The Labute approximate surface area is 112 Å². The van der Waals surface area contributed by atoms with Crippen molar-refractivity contribution in [3.8, 4) is 0 Å². The summed E-state index contributed by atoms with van der Waals surface area (Å²) in [5.41, 5.74) is 5.57. The molecule has 1 saturated carbocycles. The summed E-state index contributed by atoms with van der Waals surface area (Å²) in [6.45, 7) is 6.53. The molecule has 0 aromatic rings. The maximum absolute atomic E-state index is 11.6. The van der Waals surface area contributed by atoms with E-state index < -0.39 is 0 Å². The molecule has 0 aromatic carbocycles. The lowest BCUT2D eigenvalue weighted by Gasteiger charge is -2.28. The number of primary amides is 1. The van der Waals surface area contributed by atoms with Crippen LogP contribution < -0.4 is 11.1 Å². The highest BCUT2D eigenvalue weighted by Gasteiger charge is 2.26. The molecule has 0 aliphatic heterocycles. The molecule has 0 aromatic heterocycles. The minimum absolute atomic E-state index is 0.157. The highest BCUT2D eigenvalue weighted by atomic mass is 16.1. The van der Waals surface area contributed by atoms with Crippen LogP contribution in [0.25, 0.3) is 0 Å². The number of carbonyl (C=O) groups excluding carboxylic acids is 1. The van der Waals surface area contributed by atoms with Crippen molar-refractivity contribution in [1.29, 1.82) is 0 Å². The molecule has 3 N–H and O–H groups in total. The van der Waals surface area contributed by atoms with Gasteiger partial charge in [0.1, 0.15) is 0 Å². The lowest BCUT2D eigenvalue weighted by atomic mass is 9.90. The molecule has 106 valence electrons. The first-order valence-electron chi connectivity index (χ1n) is 7.56. The number of nitrogens with one attached hydrogen (secondary N) is 1. The quantitative estimate of drug-likeness (QED) is 0.716. The number of rotatable bonds is 6. The molecule has 0 bridgehead atoms. The number of amides is 1. The monoisotopic (exact) mass is 254 g/mol. The van der Waals surface area contributed by atoms with E-state index in [1.54, 1.807) is 0 Å². The zero-order valence-electron chi connectivity index (χ0n) is 12.2. The Kier molecular flexibility index (Phi) is 6.69. The topological polar surface area (TPSA) is 55.1 Å². The van der Waals surface area contributed by atoms with E-state index in [9.17, 15) is 4.79 Å². The van der Waals surface area contributed by atoms with Crippen LogP contribution in [-0.4, -0.2) is 18.0 Å². The second kappa shape index (κ2) is 7.78. The van der Waals surface area contributed by atoms with E-state index in [1.807, 2.05) is 0 Å². The average molecular weight is 254 g/mol. The molecule has 18 heavy (non-hydrogen) atoms. The maximum Gasteiger partial charge on any atom is 0.234 e. The van der Waals surface area contributed by atoms with Crippen molar-refractivity contribution >= 4 is 5.91 Å². The van der Waals surface area contributed by atoms with Crippen molar-refractivity contribution in [2.45, 2.75) is 77.8 Å². The van der Waals surface area contributed by atoms with E-state index in [0.717, 1.165) is 6.42 Å². The summed E-state index contributed by atoms with van der Waals surface area (Å²) in [5, 5.41) is 3.53. The van der Waals surface area contributed by atoms with Crippen molar-refractivity contribution in [3.05, 3.63) is 0 Å². The SMILES string of the molecule is CC(C)CC(C)C(NC1CCCCCC1)C(N)=O. The smallest absolute Gasteiger partial charge is 0.234 e. The van der Waals surface area contributed by atoms with Gasteiger partial charge in [-0.3, -0.25) is 4.79 Å². The Morgan fingerprint density at radius 2 is 1.72 bits per heavy atom. The molecule has 3 nitrogen and oxygen atoms in total. The molecular weight excluding hydrogens is 224 g/mol. The van der Waals surface area contributed by atoms with Crippen LogP contribution in [0, 0.1) is 11.8 Å². The predicted octanol–water partition coefficient (Wildman–Crippen LogP) is 2.83. The second-order valence-corrected chi connectivity index (χ2v) is 6.34. The molecule has 0 saturated heterocycles. The fourth-order valence-corrected chi connectivity index (χ4v) is 3.11. The van der Waals surface area contributed by atoms with Gasteiger partial charge in [-0.05, 0) is 31.1 Å². The summed E-state index contributed by atoms with van der Waals surface area (Å²) in [7, 11) is 0. The molecule has 2 unspecified atom stereocenters. The van der Waals surface area contributed by atoms with Gasteiger partial charge in [0.25, 0.3) is 0 Å². The Morgan fingerprint density at radius 1 is 1.17 bits per heavy atom. The van der Waals surface area contributed by atoms with Gasteiger partial charge in [0.2, 0.25) is 5.91 Å². The van der Waals surface area contributed by atoms with Crippen molar-refractivity contribution < 1.29 is 4.79 Å². The van der Waals surface area contributed by atoms with Gasteiger partial charge in [-0.25, -0.2) is 0 Å². The molecule has 1 aliphatic carbocycles. The zero-order chi connectivity index (χ0) is 13.5. The van der Waals surface area contributed by atoms with E-state index in [4.69, 9.17) is 5.73 Å². The zero-order valence-corrected chi connectivity index (χ0v) is 12.2. The standard InChI is InChI=1S/C15H30N2O/c1-11(2)10-12(3)14(15(16)18)17-13-8-6-4-5-7-9-13/h11-14,17H,4-10H2,1-3H3,(H2,16,18). The van der Waals surface area contributed by atoms with Gasteiger partial charge in [0, 0.05) is 6.04 Å². The van der Waals surface area contributed by atoms with Crippen LogP contribution in [0.2, 0.25) is 0 Å². The number of nitrogens with two attached hydrogens (primary N) is 1. The molecule has 2 atom stereocenters. The van der Waals surface area contributed by atoms with Crippen LogP contribution in [0.3, 0.4) is 0 Å². The first-order chi connectivity index (χ1) is 8.50. The van der Waals surface area contributed by atoms with Crippen LogP contribution >= 0.6 is 0 Å². The van der Waals surface area contributed by atoms with Crippen molar-refractivity contribution in [2.75, 3.05) is 0 Å². The number of hydrogen-bond donors (Lipinski definition) is 2. The van der Waals surface area contributed by atoms with Crippen molar-refractivity contribution in [3.63, 3.8) is 0 Å². The Bertz CT molecular complexity index is 245.